The van der Waals surface area contributed by atoms with Crippen molar-refractivity contribution in [2.24, 2.45) is 5.92 Å². The number of rotatable bonds is 2. The Bertz CT molecular complexity index is 706. The third kappa shape index (κ3) is 2.89. The molecule has 2 aromatic carbocycles. The van der Waals surface area contributed by atoms with E-state index in [0.717, 1.165) is 5.92 Å². The molecule has 2 aliphatic rings. The molecule has 1 aliphatic heterocycles. The van der Waals surface area contributed by atoms with Gasteiger partial charge < -0.3 is 4.90 Å². The topological polar surface area (TPSA) is 3.24 Å². The van der Waals surface area contributed by atoms with Crippen LogP contribution in [0.5, 0.6) is 0 Å². The molecule has 1 nitrogen and oxygen atoms in total. The summed E-state index contributed by atoms with van der Waals surface area (Å²) < 4.78 is 0. The van der Waals surface area contributed by atoms with Gasteiger partial charge in [0.1, 0.15) is 0 Å². The highest BCUT2D eigenvalue weighted by Gasteiger charge is 2.43. The van der Waals surface area contributed by atoms with Gasteiger partial charge in [-0.3, -0.25) is 0 Å². The van der Waals surface area contributed by atoms with Crippen LogP contribution >= 0.6 is 12.4 Å². The Labute approximate surface area is 152 Å². The second kappa shape index (κ2) is 6.90. The summed E-state index contributed by atoms with van der Waals surface area (Å²) in [5.41, 5.74) is 7.48. The number of likely N-dealkylation sites (N-methyl/N-ethyl adjacent to an activating group) is 1. The minimum atomic E-state index is 0. The molecule has 4 rings (SSSR count). The molecule has 0 amide bonds. The quantitative estimate of drug-likeness (QED) is 0.716. The molecule has 0 saturated carbocycles. The van der Waals surface area contributed by atoms with E-state index < -0.39 is 0 Å². The molecular formula is C22H28ClN. The molecule has 128 valence electrons. The van der Waals surface area contributed by atoms with Crippen molar-refractivity contribution < 1.29 is 0 Å². The lowest BCUT2D eigenvalue weighted by Crippen LogP contribution is -2.38. The Balaban J connectivity index is 0.00000169. The molecule has 0 unspecified atom stereocenters. The van der Waals surface area contributed by atoms with E-state index >= 15 is 0 Å². The van der Waals surface area contributed by atoms with Gasteiger partial charge in [0, 0.05) is 18.4 Å². The minimum Gasteiger partial charge on any atom is -0.303 e. The van der Waals surface area contributed by atoms with Crippen molar-refractivity contribution in [1.82, 2.24) is 4.90 Å². The Morgan fingerprint density at radius 3 is 2.38 bits per heavy atom. The zero-order valence-electron chi connectivity index (χ0n) is 15.0. The Morgan fingerprint density at radius 1 is 0.958 bits per heavy atom. The first-order chi connectivity index (χ1) is 11.2. The van der Waals surface area contributed by atoms with Crippen molar-refractivity contribution in [3.63, 3.8) is 0 Å². The van der Waals surface area contributed by atoms with Gasteiger partial charge >= 0.3 is 0 Å². The molecule has 0 N–H and O–H groups in total. The van der Waals surface area contributed by atoms with Gasteiger partial charge in [-0.1, -0.05) is 60.5 Å². The summed E-state index contributed by atoms with van der Waals surface area (Å²) in [5, 5.41) is 0. The molecule has 0 aromatic heterocycles. The van der Waals surface area contributed by atoms with E-state index in [0.29, 0.717) is 11.8 Å². The summed E-state index contributed by atoms with van der Waals surface area (Å²) in [6, 6.07) is 16.4. The van der Waals surface area contributed by atoms with Crippen molar-refractivity contribution >= 4 is 12.4 Å². The molecule has 2 heteroatoms. The highest BCUT2D eigenvalue weighted by molar-refractivity contribution is 5.85. The van der Waals surface area contributed by atoms with E-state index in [1.807, 2.05) is 0 Å². The fourth-order valence-electron chi connectivity index (χ4n) is 4.79. The largest absolute Gasteiger partial charge is 0.303 e. The van der Waals surface area contributed by atoms with Crippen LogP contribution in [0.1, 0.15) is 53.0 Å². The molecule has 1 heterocycles. The first-order valence-corrected chi connectivity index (χ1v) is 9.06. The van der Waals surface area contributed by atoms with Gasteiger partial charge in [-0.15, -0.1) is 12.4 Å². The van der Waals surface area contributed by atoms with Crippen LogP contribution in [-0.2, 0) is 0 Å². The third-order valence-electron chi connectivity index (χ3n) is 6.04. The van der Waals surface area contributed by atoms with Gasteiger partial charge in [0.25, 0.3) is 0 Å². The number of aryl methyl sites for hydroxylation is 2. The lowest BCUT2D eigenvalue weighted by Gasteiger charge is -2.37. The number of benzene rings is 2. The number of fused-ring (bicyclic) bond motifs is 3. The maximum Gasteiger partial charge on any atom is 0.0127 e. The molecule has 0 radical (unpaired) electrons. The second-order valence-electron chi connectivity index (χ2n) is 7.47. The van der Waals surface area contributed by atoms with Crippen molar-refractivity contribution in [2.75, 3.05) is 19.6 Å². The number of halogens is 1. The van der Waals surface area contributed by atoms with Gasteiger partial charge in [-0.25, -0.2) is 0 Å². The molecule has 1 fully saturated rings. The van der Waals surface area contributed by atoms with E-state index in [-0.39, 0.29) is 12.4 Å². The van der Waals surface area contributed by atoms with E-state index in [9.17, 15) is 0 Å². The SMILES string of the molecule is CCN1CC[C@@H]2[C@@H](c3ccc(C)cc3)c3cc(C)ccc3[C@H]2C1.Cl. The third-order valence-corrected chi connectivity index (χ3v) is 6.04. The van der Waals surface area contributed by atoms with Crippen LogP contribution in [0.2, 0.25) is 0 Å². The van der Waals surface area contributed by atoms with Gasteiger partial charge in [-0.2, -0.15) is 0 Å². The van der Waals surface area contributed by atoms with Crippen LogP contribution in [-0.4, -0.2) is 24.5 Å². The monoisotopic (exact) mass is 341 g/mol. The summed E-state index contributed by atoms with van der Waals surface area (Å²) in [5.74, 6) is 2.08. The fraction of sp³-hybridized carbons (Fsp3) is 0.455. The summed E-state index contributed by atoms with van der Waals surface area (Å²) >= 11 is 0. The lowest BCUT2D eigenvalue weighted by atomic mass is 9.78. The fourth-order valence-corrected chi connectivity index (χ4v) is 4.79. The van der Waals surface area contributed by atoms with Crippen LogP contribution in [0.3, 0.4) is 0 Å². The van der Waals surface area contributed by atoms with Crippen molar-refractivity contribution in [1.29, 1.82) is 0 Å². The molecule has 1 saturated heterocycles. The average Bonchev–Trinajstić information content (AvgIpc) is 2.88. The van der Waals surface area contributed by atoms with Crippen LogP contribution in [0.25, 0.3) is 0 Å². The lowest BCUT2D eigenvalue weighted by molar-refractivity contribution is 0.167. The van der Waals surface area contributed by atoms with Crippen LogP contribution < -0.4 is 0 Å². The summed E-state index contributed by atoms with van der Waals surface area (Å²) in [7, 11) is 0. The second-order valence-corrected chi connectivity index (χ2v) is 7.47. The van der Waals surface area contributed by atoms with E-state index in [1.54, 1.807) is 11.1 Å². The molecule has 2 aromatic rings. The predicted octanol–water partition coefficient (Wildman–Crippen LogP) is 5.30. The van der Waals surface area contributed by atoms with Crippen molar-refractivity contribution in [3.8, 4) is 0 Å². The van der Waals surface area contributed by atoms with Crippen LogP contribution in [0, 0.1) is 19.8 Å². The van der Waals surface area contributed by atoms with Gasteiger partial charge in [0.15, 0.2) is 0 Å². The Kier molecular flexibility index (Phi) is 5.03. The standard InChI is InChI=1S/C22H27N.ClH/c1-4-23-12-11-19-21(14-23)18-10-7-16(3)13-20(18)22(19)17-8-5-15(2)6-9-17;/h5-10,13,19,21-22H,4,11-12,14H2,1-3H3;1H/t19-,21+,22+;/m0./s1. The Hall–Kier alpha value is -1.31. The van der Waals surface area contributed by atoms with Crippen molar-refractivity contribution in [2.45, 2.75) is 39.0 Å². The first kappa shape index (κ1) is 17.5. The summed E-state index contributed by atoms with van der Waals surface area (Å²) in [6.07, 6.45) is 1.32. The van der Waals surface area contributed by atoms with Crippen molar-refractivity contribution in [3.05, 3.63) is 70.3 Å². The average molecular weight is 342 g/mol. The molecule has 24 heavy (non-hydrogen) atoms. The maximum absolute atomic E-state index is 2.63. The molecular weight excluding hydrogens is 314 g/mol. The van der Waals surface area contributed by atoms with Gasteiger partial charge in [-0.05, 0) is 56.0 Å². The molecule has 0 spiro atoms. The van der Waals surface area contributed by atoms with Crippen LogP contribution in [0.15, 0.2) is 42.5 Å². The maximum atomic E-state index is 2.63. The number of hydrogen-bond donors (Lipinski definition) is 0. The molecule has 1 aliphatic carbocycles. The number of nitrogens with zero attached hydrogens (tertiary/aromatic N) is 1. The van der Waals surface area contributed by atoms with Gasteiger partial charge in [0.2, 0.25) is 0 Å². The number of piperidine rings is 1. The zero-order valence-corrected chi connectivity index (χ0v) is 15.8. The highest BCUT2D eigenvalue weighted by atomic mass is 35.5. The minimum absolute atomic E-state index is 0. The van der Waals surface area contributed by atoms with E-state index in [1.165, 1.54) is 42.7 Å². The molecule has 3 atom stereocenters. The predicted molar refractivity (Wildman–Crippen MR) is 104 cm³/mol. The zero-order chi connectivity index (χ0) is 16.0. The van der Waals surface area contributed by atoms with E-state index in [2.05, 4.69) is 68.1 Å². The first-order valence-electron chi connectivity index (χ1n) is 9.06. The summed E-state index contributed by atoms with van der Waals surface area (Å²) in [6.45, 7) is 10.4. The normalized spacial score (nSPS) is 25.7. The molecule has 0 bridgehead atoms. The smallest absolute Gasteiger partial charge is 0.0127 e. The van der Waals surface area contributed by atoms with E-state index in [4.69, 9.17) is 0 Å². The number of likely N-dealkylation sites (tertiary alicyclic amines) is 1. The van der Waals surface area contributed by atoms with Gasteiger partial charge in [0.05, 0.1) is 0 Å². The Morgan fingerprint density at radius 2 is 1.67 bits per heavy atom. The number of hydrogen-bond acceptors (Lipinski definition) is 1. The summed E-state index contributed by atoms with van der Waals surface area (Å²) in [4.78, 5) is 2.63. The highest BCUT2D eigenvalue weighted by Crippen LogP contribution is 2.53. The van der Waals surface area contributed by atoms with Crippen LogP contribution in [0.4, 0.5) is 0 Å².